The number of H-pyrrole nitrogens is 1. The number of aromatic nitrogens is 2. The average molecular weight is 516 g/mol. The molecule has 1 aromatic heterocycles. The molecule has 0 spiro atoms. The Morgan fingerprint density at radius 3 is 2.77 bits per heavy atom. The van der Waals surface area contributed by atoms with Gasteiger partial charge in [-0.05, 0) is 45.1 Å². The number of aromatic amines is 1. The van der Waals surface area contributed by atoms with Crippen molar-refractivity contribution in [3.63, 3.8) is 0 Å². The van der Waals surface area contributed by atoms with E-state index in [0.29, 0.717) is 0 Å². The van der Waals surface area contributed by atoms with E-state index in [4.69, 9.17) is 19.5 Å². The Balaban J connectivity index is 1.66. The van der Waals surface area contributed by atoms with E-state index in [1.54, 1.807) is 0 Å². The molecule has 1 aromatic rings. The molecule has 0 bridgehead atoms. The standard InChI is InChI=1S/C19H29N6O9P/c1-11(16(28)33-12-6-4-3-5-7-12)22-35(30,31)32-10-13-15(27)19(2,23-24-20)17(34-13)25-9-8-14(26)21-18(25)29/h8-9,11-13,15,17,27H,3-7,10H2,1-2H3,(H,21,26,29)(H2,22,30,31)/t11-,13+,15+,17+,19+/m0/s1. The van der Waals surface area contributed by atoms with Crippen LogP contribution in [0.4, 0.5) is 0 Å². The Morgan fingerprint density at radius 2 is 2.14 bits per heavy atom. The summed E-state index contributed by atoms with van der Waals surface area (Å²) >= 11 is 0. The van der Waals surface area contributed by atoms with Gasteiger partial charge >= 0.3 is 19.4 Å². The number of nitrogens with zero attached hydrogens (tertiary/aromatic N) is 4. The number of nitrogens with one attached hydrogen (secondary N) is 2. The second kappa shape index (κ2) is 11.0. The molecule has 1 unspecified atom stereocenters. The van der Waals surface area contributed by atoms with E-state index in [1.807, 2.05) is 4.98 Å². The lowest BCUT2D eigenvalue weighted by Crippen LogP contribution is -2.45. The van der Waals surface area contributed by atoms with Crippen molar-refractivity contribution < 1.29 is 33.4 Å². The Kier molecular flexibility index (Phi) is 8.54. The van der Waals surface area contributed by atoms with Crippen molar-refractivity contribution in [3.05, 3.63) is 43.5 Å². The highest BCUT2D eigenvalue weighted by Gasteiger charge is 2.54. The minimum Gasteiger partial charge on any atom is -0.461 e. The summed E-state index contributed by atoms with van der Waals surface area (Å²) in [5.74, 6) is -0.694. The van der Waals surface area contributed by atoms with Crippen LogP contribution >= 0.6 is 7.75 Å². The van der Waals surface area contributed by atoms with Crippen molar-refractivity contribution in [2.45, 2.75) is 82.1 Å². The van der Waals surface area contributed by atoms with Crippen molar-refractivity contribution in [2.75, 3.05) is 6.61 Å². The molecule has 2 aliphatic rings. The average Bonchev–Trinajstić information content (AvgIpc) is 3.03. The van der Waals surface area contributed by atoms with Crippen LogP contribution in [0.25, 0.3) is 10.4 Å². The number of ether oxygens (including phenoxy) is 2. The molecule has 0 amide bonds. The minimum atomic E-state index is -4.56. The van der Waals surface area contributed by atoms with Crippen LogP contribution in [0.2, 0.25) is 0 Å². The molecule has 1 aliphatic carbocycles. The van der Waals surface area contributed by atoms with Crippen molar-refractivity contribution in [1.29, 1.82) is 0 Å². The van der Waals surface area contributed by atoms with Gasteiger partial charge in [0, 0.05) is 17.2 Å². The highest BCUT2D eigenvalue weighted by atomic mass is 31.2. The lowest BCUT2D eigenvalue weighted by Gasteiger charge is -2.28. The van der Waals surface area contributed by atoms with Crippen LogP contribution in [-0.4, -0.2) is 62.0 Å². The van der Waals surface area contributed by atoms with Crippen LogP contribution in [0, 0.1) is 0 Å². The fourth-order valence-electron chi connectivity index (χ4n) is 4.15. The van der Waals surface area contributed by atoms with Gasteiger partial charge in [0.15, 0.2) is 6.23 Å². The third kappa shape index (κ3) is 6.39. The van der Waals surface area contributed by atoms with E-state index in [-0.39, 0.29) is 6.10 Å². The summed E-state index contributed by atoms with van der Waals surface area (Å²) in [6, 6.07) is -0.111. The predicted octanol–water partition coefficient (Wildman–Crippen LogP) is 0.835. The summed E-state index contributed by atoms with van der Waals surface area (Å²) < 4.78 is 29.5. The van der Waals surface area contributed by atoms with Crippen molar-refractivity contribution in [3.8, 4) is 0 Å². The van der Waals surface area contributed by atoms with Crippen molar-refractivity contribution in [1.82, 2.24) is 14.6 Å². The number of aliphatic hydroxyl groups excluding tert-OH is 1. The van der Waals surface area contributed by atoms with Crippen LogP contribution in [0.5, 0.6) is 0 Å². The molecule has 15 nitrogen and oxygen atoms in total. The van der Waals surface area contributed by atoms with E-state index >= 15 is 0 Å². The van der Waals surface area contributed by atoms with Crippen molar-refractivity contribution in [2.24, 2.45) is 5.11 Å². The first kappa shape index (κ1) is 27.1. The summed E-state index contributed by atoms with van der Waals surface area (Å²) in [5, 5.41) is 16.5. The maximum Gasteiger partial charge on any atom is 0.403 e. The molecular formula is C19H29N6O9P. The summed E-state index contributed by atoms with van der Waals surface area (Å²) in [6.45, 7) is 2.02. The summed E-state index contributed by atoms with van der Waals surface area (Å²) in [5.41, 5.74) is 5.70. The third-order valence-electron chi connectivity index (χ3n) is 6.08. The molecule has 6 atom stereocenters. The van der Waals surface area contributed by atoms with Crippen LogP contribution in [0.3, 0.4) is 0 Å². The first-order valence-corrected chi connectivity index (χ1v) is 12.7. The van der Waals surface area contributed by atoms with E-state index in [1.165, 1.54) is 13.8 Å². The second-order valence-electron chi connectivity index (χ2n) is 8.77. The molecule has 1 saturated carbocycles. The maximum atomic E-state index is 12.5. The molecule has 3 rings (SSSR count). The number of hydrogen-bond donors (Lipinski definition) is 4. The number of aliphatic hydroxyl groups is 1. The number of rotatable bonds is 9. The SMILES string of the molecule is C[C@H](NP(=O)(O)OC[C@H]1O[C@@H](n2ccc(=O)[nH]c2=O)[C@](C)(N=[N+]=[N-])[C@@H]1O)C(=O)OC1CCCCC1. The van der Waals surface area contributed by atoms with E-state index in [9.17, 15) is 28.9 Å². The van der Waals surface area contributed by atoms with Gasteiger partial charge in [-0.25, -0.2) is 14.4 Å². The molecule has 2 fully saturated rings. The summed E-state index contributed by atoms with van der Waals surface area (Å²) in [4.78, 5) is 50.8. The Hall–Kier alpha value is -2.51. The largest absolute Gasteiger partial charge is 0.461 e. The van der Waals surface area contributed by atoms with E-state index in [0.717, 1.165) is 48.9 Å². The van der Waals surface area contributed by atoms with Crippen LogP contribution in [-0.2, 0) is 23.4 Å². The molecule has 0 aromatic carbocycles. The van der Waals surface area contributed by atoms with Gasteiger partial charge in [0.2, 0.25) is 0 Å². The smallest absolute Gasteiger partial charge is 0.403 e. The van der Waals surface area contributed by atoms with Crippen LogP contribution < -0.4 is 16.3 Å². The van der Waals surface area contributed by atoms with Gasteiger partial charge in [-0.15, -0.1) is 0 Å². The molecule has 16 heteroatoms. The van der Waals surface area contributed by atoms with Gasteiger partial charge < -0.3 is 19.5 Å². The number of carbonyl (C=O) groups excluding carboxylic acids is 1. The molecule has 1 aliphatic heterocycles. The number of azide groups is 1. The second-order valence-corrected chi connectivity index (χ2v) is 10.3. The molecule has 4 N–H and O–H groups in total. The molecule has 1 saturated heterocycles. The van der Waals surface area contributed by atoms with Crippen LogP contribution in [0.1, 0.15) is 52.2 Å². The Bertz CT molecular complexity index is 1130. The first-order valence-electron chi connectivity index (χ1n) is 11.1. The number of esters is 1. The normalized spacial score (nSPS) is 29.7. The van der Waals surface area contributed by atoms with E-state index in [2.05, 4.69) is 15.1 Å². The fraction of sp³-hybridized carbons (Fsp3) is 0.737. The highest BCUT2D eigenvalue weighted by molar-refractivity contribution is 7.50. The van der Waals surface area contributed by atoms with Gasteiger partial charge in [-0.1, -0.05) is 11.5 Å². The molecule has 35 heavy (non-hydrogen) atoms. The Morgan fingerprint density at radius 1 is 1.46 bits per heavy atom. The topological polar surface area (TPSA) is 218 Å². The lowest BCUT2D eigenvalue weighted by molar-refractivity contribution is -0.152. The molecule has 2 heterocycles. The maximum absolute atomic E-state index is 12.5. The quantitative estimate of drug-likeness (QED) is 0.119. The molecular weight excluding hydrogens is 487 g/mol. The zero-order valence-corrected chi connectivity index (χ0v) is 20.2. The predicted molar refractivity (Wildman–Crippen MR) is 120 cm³/mol. The lowest BCUT2D eigenvalue weighted by atomic mass is 9.93. The van der Waals surface area contributed by atoms with Crippen molar-refractivity contribution >= 4 is 13.7 Å². The fourth-order valence-corrected chi connectivity index (χ4v) is 5.17. The minimum absolute atomic E-state index is 0.229. The monoisotopic (exact) mass is 516 g/mol. The molecule has 194 valence electrons. The van der Waals surface area contributed by atoms with Gasteiger partial charge in [0.1, 0.15) is 23.8 Å². The highest BCUT2D eigenvalue weighted by Crippen LogP contribution is 2.44. The molecule has 0 radical (unpaired) electrons. The summed E-state index contributed by atoms with van der Waals surface area (Å²) in [7, 11) is -4.56. The van der Waals surface area contributed by atoms with E-state index < -0.39 is 61.6 Å². The van der Waals surface area contributed by atoms with Gasteiger partial charge in [0.05, 0.1) is 12.7 Å². The zero-order chi connectivity index (χ0) is 25.8. The Labute approximate surface area is 199 Å². The number of hydrogen-bond acceptors (Lipinski definition) is 9. The summed E-state index contributed by atoms with van der Waals surface area (Å²) in [6.07, 6.45) is 1.11. The first-order chi connectivity index (χ1) is 16.5. The van der Waals surface area contributed by atoms with Crippen LogP contribution in [0.15, 0.2) is 27.0 Å². The van der Waals surface area contributed by atoms with Gasteiger partial charge in [0.25, 0.3) is 5.56 Å². The zero-order valence-electron chi connectivity index (χ0n) is 19.3. The van der Waals surface area contributed by atoms with Gasteiger partial charge in [-0.3, -0.25) is 23.7 Å². The third-order valence-corrected chi connectivity index (χ3v) is 7.29. The van der Waals surface area contributed by atoms with Gasteiger partial charge in [-0.2, -0.15) is 0 Å². The number of carbonyl (C=O) groups is 1.